The molecule has 70 valence electrons. The second kappa shape index (κ2) is 3.17. The zero-order chi connectivity index (χ0) is 10.1. The highest BCUT2D eigenvalue weighted by atomic mass is 19.1. The summed E-state index contributed by atoms with van der Waals surface area (Å²) < 4.78 is 13.4. The molecule has 0 spiro atoms. The summed E-state index contributed by atoms with van der Waals surface area (Å²) in [7, 11) is 0. The van der Waals surface area contributed by atoms with Crippen molar-refractivity contribution in [3.63, 3.8) is 0 Å². The van der Waals surface area contributed by atoms with Crippen LogP contribution in [-0.2, 0) is 5.67 Å². The van der Waals surface area contributed by atoms with Crippen molar-refractivity contribution < 1.29 is 14.3 Å². The topological polar surface area (TPSA) is 37.3 Å². The Labute approximate surface area is 76.0 Å². The summed E-state index contributed by atoms with van der Waals surface area (Å²) in [6.45, 7) is 2.66. The fourth-order valence-corrected chi connectivity index (χ4v) is 1.14. The highest BCUT2D eigenvalue weighted by molar-refractivity contribution is 5.80. The van der Waals surface area contributed by atoms with Crippen molar-refractivity contribution in [1.29, 1.82) is 0 Å². The zero-order valence-corrected chi connectivity index (χ0v) is 7.54. The lowest BCUT2D eigenvalue weighted by atomic mass is 9.97. The van der Waals surface area contributed by atoms with Gasteiger partial charge in [-0.15, -0.1) is 0 Å². The SMILES string of the molecule is CC(C)(F)c1cccc(C=O)c1O. The number of rotatable bonds is 2. The summed E-state index contributed by atoms with van der Waals surface area (Å²) in [5, 5.41) is 9.45. The third-order valence-corrected chi connectivity index (χ3v) is 1.83. The van der Waals surface area contributed by atoms with Crippen molar-refractivity contribution in [2.45, 2.75) is 19.5 Å². The second-order valence-electron chi connectivity index (χ2n) is 3.33. The van der Waals surface area contributed by atoms with Crippen LogP contribution in [-0.4, -0.2) is 11.4 Å². The van der Waals surface area contributed by atoms with Gasteiger partial charge < -0.3 is 5.11 Å². The molecular weight excluding hydrogens is 171 g/mol. The van der Waals surface area contributed by atoms with E-state index in [1.807, 2.05) is 0 Å². The van der Waals surface area contributed by atoms with E-state index in [9.17, 15) is 14.3 Å². The second-order valence-corrected chi connectivity index (χ2v) is 3.33. The fraction of sp³-hybridized carbons (Fsp3) is 0.300. The number of phenolic OH excluding ortho intramolecular Hbond substituents is 1. The molecule has 0 amide bonds. The van der Waals surface area contributed by atoms with Gasteiger partial charge in [-0.2, -0.15) is 0 Å². The number of hydrogen-bond donors (Lipinski definition) is 1. The number of aromatic hydroxyl groups is 1. The molecule has 0 aliphatic carbocycles. The van der Waals surface area contributed by atoms with Crippen LogP contribution in [0.5, 0.6) is 5.75 Å². The summed E-state index contributed by atoms with van der Waals surface area (Å²) in [5.74, 6) is -0.273. The van der Waals surface area contributed by atoms with Crippen molar-refractivity contribution in [2.24, 2.45) is 0 Å². The van der Waals surface area contributed by atoms with Crippen LogP contribution in [0.1, 0.15) is 29.8 Å². The Hall–Kier alpha value is -1.38. The Morgan fingerprint density at radius 2 is 2.08 bits per heavy atom. The predicted octanol–water partition coefficient (Wildman–Crippen LogP) is 2.41. The quantitative estimate of drug-likeness (QED) is 0.713. The van der Waals surface area contributed by atoms with Crippen LogP contribution in [0.15, 0.2) is 18.2 Å². The number of hydrogen-bond acceptors (Lipinski definition) is 2. The average molecular weight is 182 g/mol. The third-order valence-electron chi connectivity index (χ3n) is 1.83. The number of aldehydes is 1. The Bertz CT molecular complexity index is 326. The molecule has 0 aliphatic rings. The first-order chi connectivity index (χ1) is 5.96. The van der Waals surface area contributed by atoms with Crippen LogP contribution in [0.3, 0.4) is 0 Å². The molecule has 0 unspecified atom stereocenters. The van der Waals surface area contributed by atoms with Gasteiger partial charge in [0, 0.05) is 5.56 Å². The van der Waals surface area contributed by atoms with Crippen molar-refractivity contribution >= 4 is 6.29 Å². The highest BCUT2D eigenvalue weighted by Crippen LogP contribution is 2.33. The van der Waals surface area contributed by atoms with E-state index in [2.05, 4.69) is 0 Å². The minimum atomic E-state index is -1.64. The van der Waals surface area contributed by atoms with E-state index < -0.39 is 5.67 Å². The van der Waals surface area contributed by atoms with Gasteiger partial charge in [-0.3, -0.25) is 4.79 Å². The van der Waals surface area contributed by atoms with E-state index >= 15 is 0 Å². The first kappa shape index (κ1) is 9.71. The number of carbonyl (C=O) groups is 1. The Morgan fingerprint density at radius 3 is 2.54 bits per heavy atom. The van der Waals surface area contributed by atoms with E-state index in [0.29, 0.717) is 6.29 Å². The maximum absolute atomic E-state index is 13.4. The molecule has 2 nitrogen and oxygen atoms in total. The summed E-state index contributed by atoms with van der Waals surface area (Å²) in [6, 6.07) is 4.44. The Morgan fingerprint density at radius 1 is 1.46 bits per heavy atom. The molecule has 0 radical (unpaired) electrons. The largest absolute Gasteiger partial charge is 0.507 e. The molecule has 0 aromatic heterocycles. The average Bonchev–Trinajstić information content (AvgIpc) is 2.02. The molecule has 1 N–H and O–H groups in total. The highest BCUT2D eigenvalue weighted by Gasteiger charge is 2.23. The molecule has 1 rings (SSSR count). The molecule has 0 saturated carbocycles. The van der Waals surface area contributed by atoms with Gasteiger partial charge in [-0.05, 0) is 19.9 Å². The molecule has 0 fully saturated rings. The normalized spacial score (nSPS) is 11.3. The monoisotopic (exact) mass is 182 g/mol. The van der Waals surface area contributed by atoms with Crippen molar-refractivity contribution in [2.75, 3.05) is 0 Å². The minimum absolute atomic E-state index is 0.114. The zero-order valence-electron chi connectivity index (χ0n) is 7.54. The number of halogens is 1. The van der Waals surface area contributed by atoms with Crippen molar-refractivity contribution in [1.82, 2.24) is 0 Å². The molecule has 13 heavy (non-hydrogen) atoms. The summed E-state index contributed by atoms with van der Waals surface area (Å²) in [4.78, 5) is 10.4. The van der Waals surface area contributed by atoms with Gasteiger partial charge in [0.2, 0.25) is 0 Å². The van der Waals surface area contributed by atoms with E-state index in [1.54, 1.807) is 6.07 Å². The third kappa shape index (κ3) is 1.86. The molecule has 0 aliphatic heterocycles. The Balaban J connectivity index is 3.32. The molecule has 1 aromatic carbocycles. The van der Waals surface area contributed by atoms with Crippen LogP contribution in [0, 0.1) is 0 Å². The maximum atomic E-state index is 13.4. The standard InChI is InChI=1S/C10H11FO2/c1-10(2,11)8-5-3-4-7(6-12)9(8)13/h3-6,13H,1-2H3. The maximum Gasteiger partial charge on any atom is 0.153 e. The summed E-state index contributed by atoms with van der Waals surface area (Å²) in [5.41, 5.74) is -1.39. The van der Waals surface area contributed by atoms with Crippen LogP contribution in [0.25, 0.3) is 0 Å². The van der Waals surface area contributed by atoms with Crippen LogP contribution < -0.4 is 0 Å². The number of benzene rings is 1. The first-order valence-electron chi connectivity index (χ1n) is 3.93. The van der Waals surface area contributed by atoms with Gasteiger partial charge in [0.1, 0.15) is 11.4 Å². The summed E-state index contributed by atoms with van der Waals surface area (Å²) in [6.07, 6.45) is 0.505. The van der Waals surface area contributed by atoms with Crippen molar-refractivity contribution in [3.05, 3.63) is 29.3 Å². The van der Waals surface area contributed by atoms with E-state index in [-0.39, 0.29) is 16.9 Å². The lowest BCUT2D eigenvalue weighted by molar-refractivity contribution is 0.112. The molecule has 0 atom stereocenters. The van der Waals surface area contributed by atoms with Gasteiger partial charge in [0.25, 0.3) is 0 Å². The van der Waals surface area contributed by atoms with Crippen LogP contribution in [0.4, 0.5) is 4.39 Å². The van der Waals surface area contributed by atoms with Gasteiger partial charge in [-0.25, -0.2) is 4.39 Å². The van der Waals surface area contributed by atoms with Crippen LogP contribution in [0.2, 0.25) is 0 Å². The molecular formula is C10H11FO2. The number of phenols is 1. The molecule has 0 heterocycles. The van der Waals surface area contributed by atoms with E-state index in [0.717, 1.165) is 0 Å². The molecule has 3 heteroatoms. The molecule has 0 saturated heterocycles. The van der Waals surface area contributed by atoms with Crippen LogP contribution >= 0.6 is 0 Å². The number of carbonyl (C=O) groups excluding carboxylic acids is 1. The van der Waals surface area contributed by atoms with E-state index in [1.165, 1.54) is 26.0 Å². The van der Waals surface area contributed by atoms with Gasteiger partial charge in [-0.1, -0.05) is 12.1 Å². The number of alkyl halides is 1. The molecule has 1 aromatic rings. The van der Waals surface area contributed by atoms with E-state index in [4.69, 9.17) is 0 Å². The van der Waals surface area contributed by atoms with Crippen molar-refractivity contribution in [3.8, 4) is 5.75 Å². The lowest BCUT2D eigenvalue weighted by Gasteiger charge is -2.16. The lowest BCUT2D eigenvalue weighted by Crippen LogP contribution is -2.09. The Kier molecular flexibility index (Phi) is 2.36. The smallest absolute Gasteiger partial charge is 0.153 e. The first-order valence-corrected chi connectivity index (χ1v) is 3.93. The predicted molar refractivity (Wildman–Crippen MR) is 47.6 cm³/mol. The number of para-hydroxylation sites is 1. The fourth-order valence-electron chi connectivity index (χ4n) is 1.14. The van der Waals surface area contributed by atoms with Gasteiger partial charge in [0.15, 0.2) is 6.29 Å². The van der Waals surface area contributed by atoms with Gasteiger partial charge >= 0.3 is 0 Å². The van der Waals surface area contributed by atoms with Gasteiger partial charge in [0.05, 0.1) is 5.56 Å². The minimum Gasteiger partial charge on any atom is -0.507 e. The summed E-state index contributed by atoms with van der Waals surface area (Å²) >= 11 is 0. The molecule has 0 bridgehead atoms.